The fraction of sp³-hybridized carbons (Fsp3) is 0.385. The zero-order chi connectivity index (χ0) is 13.2. The molecule has 1 unspecified atom stereocenters. The highest BCUT2D eigenvalue weighted by Gasteiger charge is 2.23. The van der Waals surface area contributed by atoms with Gasteiger partial charge in [0.25, 0.3) is 0 Å². The van der Waals surface area contributed by atoms with E-state index in [1.807, 2.05) is 24.1 Å². The van der Waals surface area contributed by atoms with Crippen LogP contribution in [0.4, 0.5) is 11.4 Å². The predicted molar refractivity (Wildman–Crippen MR) is 79.4 cm³/mol. The number of rotatable bonds is 3. The van der Waals surface area contributed by atoms with E-state index in [-0.39, 0.29) is 0 Å². The van der Waals surface area contributed by atoms with Crippen molar-refractivity contribution in [1.82, 2.24) is 14.8 Å². The van der Waals surface area contributed by atoms with Crippen molar-refractivity contribution in [2.24, 2.45) is 7.05 Å². The number of aromatic nitrogens is 3. The second-order valence-electron chi connectivity index (χ2n) is 4.84. The molecule has 0 spiro atoms. The van der Waals surface area contributed by atoms with E-state index in [0.717, 1.165) is 29.7 Å². The van der Waals surface area contributed by atoms with Crippen LogP contribution in [-0.4, -0.2) is 33.9 Å². The van der Waals surface area contributed by atoms with Crippen molar-refractivity contribution in [1.29, 1.82) is 0 Å². The quantitative estimate of drug-likeness (QED) is 0.942. The summed E-state index contributed by atoms with van der Waals surface area (Å²) in [6.45, 7) is 2.06. The van der Waals surface area contributed by atoms with Crippen LogP contribution in [0.1, 0.15) is 6.42 Å². The SMILES string of the molecule is Cn1cc(N2CCC(Nc3cncc(Br)c3)C2)cn1. The van der Waals surface area contributed by atoms with Crippen LogP contribution in [0.15, 0.2) is 35.3 Å². The molecular formula is C13H16BrN5. The summed E-state index contributed by atoms with van der Waals surface area (Å²) in [5.74, 6) is 0. The molecule has 3 rings (SSSR count). The summed E-state index contributed by atoms with van der Waals surface area (Å²) < 4.78 is 2.84. The third-order valence-electron chi connectivity index (χ3n) is 3.32. The highest BCUT2D eigenvalue weighted by molar-refractivity contribution is 9.10. The fourth-order valence-corrected chi connectivity index (χ4v) is 2.78. The Balaban J connectivity index is 1.63. The van der Waals surface area contributed by atoms with E-state index in [0.29, 0.717) is 6.04 Å². The molecule has 2 aromatic heterocycles. The van der Waals surface area contributed by atoms with Crippen LogP contribution in [0.25, 0.3) is 0 Å². The van der Waals surface area contributed by atoms with E-state index in [9.17, 15) is 0 Å². The first-order valence-corrected chi connectivity index (χ1v) is 7.11. The average Bonchev–Trinajstić information content (AvgIpc) is 2.98. The second-order valence-corrected chi connectivity index (χ2v) is 5.76. The summed E-state index contributed by atoms with van der Waals surface area (Å²) in [5.41, 5.74) is 2.26. The molecule has 1 N–H and O–H groups in total. The van der Waals surface area contributed by atoms with Crippen molar-refractivity contribution in [2.45, 2.75) is 12.5 Å². The number of nitrogens with zero attached hydrogens (tertiary/aromatic N) is 4. The molecule has 0 radical (unpaired) electrons. The van der Waals surface area contributed by atoms with Crippen LogP contribution < -0.4 is 10.2 Å². The van der Waals surface area contributed by atoms with Gasteiger partial charge in [-0.15, -0.1) is 0 Å². The first kappa shape index (κ1) is 12.5. The molecule has 1 atom stereocenters. The summed E-state index contributed by atoms with van der Waals surface area (Å²) in [6, 6.07) is 2.51. The van der Waals surface area contributed by atoms with Gasteiger partial charge in [0.15, 0.2) is 0 Å². The molecule has 1 aliphatic rings. The minimum absolute atomic E-state index is 0.455. The number of pyridine rings is 1. The van der Waals surface area contributed by atoms with Gasteiger partial charge in [0.05, 0.1) is 23.8 Å². The van der Waals surface area contributed by atoms with Crippen LogP contribution in [0, 0.1) is 0 Å². The lowest BCUT2D eigenvalue weighted by Gasteiger charge is -2.17. The summed E-state index contributed by atoms with van der Waals surface area (Å²) in [5, 5.41) is 7.75. The minimum atomic E-state index is 0.455. The fourth-order valence-electron chi connectivity index (χ4n) is 2.41. The third kappa shape index (κ3) is 2.89. The molecule has 1 aliphatic heterocycles. The minimum Gasteiger partial charge on any atom is -0.379 e. The molecule has 0 aromatic carbocycles. The molecule has 5 nitrogen and oxygen atoms in total. The van der Waals surface area contributed by atoms with E-state index in [1.54, 1.807) is 6.20 Å². The van der Waals surface area contributed by atoms with E-state index in [4.69, 9.17) is 0 Å². The predicted octanol–water partition coefficient (Wildman–Crippen LogP) is 2.27. The molecule has 2 aromatic rings. The zero-order valence-corrected chi connectivity index (χ0v) is 12.3. The first-order chi connectivity index (χ1) is 9.20. The molecule has 1 fully saturated rings. The Bertz CT molecular complexity index is 568. The Hall–Kier alpha value is -1.56. The van der Waals surface area contributed by atoms with Crippen molar-refractivity contribution in [3.05, 3.63) is 35.3 Å². The number of aryl methyl sites for hydroxylation is 1. The molecule has 19 heavy (non-hydrogen) atoms. The maximum absolute atomic E-state index is 4.22. The maximum Gasteiger partial charge on any atom is 0.0753 e. The van der Waals surface area contributed by atoms with Gasteiger partial charge in [-0.05, 0) is 28.4 Å². The van der Waals surface area contributed by atoms with E-state index in [1.165, 1.54) is 5.69 Å². The van der Waals surface area contributed by atoms with Crippen molar-refractivity contribution in [2.75, 3.05) is 23.3 Å². The standard InChI is InChI=1S/C13H16BrN5/c1-18-9-13(7-16-18)19-3-2-11(8-19)17-12-4-10(14)5-15-6-12/h4-7,9,11,17H,2-3,8H2,1H3. The normalized spacial score (nSPS) is 18.8. The highest BCUT2D eigenvalue weighted by atomic mass is 79.9. The van der Waals surface area contributed by atoms with Gasteiger partial charge in [0.1, 0.15) is 0 Å². The number of nitrogens with one attached hydrogen (secondary N) is 1. The van der Waals surface area contributed by atoms with Crippen LogP contribution >= 0.6 is 15.9 Å². The summed E-state index contributed by atoms with van der Waals surface area (Å²) in [6.07, 6.45) is 8.76. The number of halogens is 1. The van der Waals surface area contributed by atoms with Crippen molar-refractivity contribution in [3.8, 4) is 0 Å². The molecule has 0 saturated carbocycles. The Morgan fingerprint density at radius 1 is 1.37 bits per heavy atom. The summed E-state index contributed by atoms with van der Waals surface area (Å²) in [7, 11) is 1.95. The molecule has 6 heteroatoms. The van der Waals surface area contributed by atoms with Crippen LogP contribution in [0.5, 0.6) is 0 Å². The van der Waals surface area contributed by atoms with E-state index >= 15 is 0 Å². The van der Waals surface area contributed by atoms with Crippen molar-refractivity contribution < 1.29 is 0 Å². The van der Waals surface area contributed by atoms with Gasteiger partial charge in [-0.3, -0.25) is 9.67 Å². The Morgan fingerprint density at radius 3 is 3.00 bits per heavy atom. The van der Waals surface area contributed by atoms with Gasteiger partial charge in [-0.25, -0.2) is 0 Å². The van der Waals surface area contributed by atoms with Crippen molar-refractivity contribution >= 4 is 27.3 Å². The van der Waals surface area contributed by atoms with E-state index in [2.05, 4.69) is 48.5 Å². The summed E-state index contributed by atoms with van der Waals surface area (Å²) >= 11 is 3.44. The van der Waals surface area contributed by atoms with Gasteiger partial charge in [-0.2, -0.15) is 5.10 Å². The highest BCUT2D eigenvalue weighted by Crippen LogP contribution is 2.22. The van der Waals surface area contributed by atoms with E-state index < -0.39 is 0 Å². The smallest absolute Gasteiger partial charge is 0.0753 e. The molecular weight excluding hydrogens is 306 g/mol. The molecule has 1 saturated heterocycles. The zero-order valence-electron chi connectivity index (χ0n) is 10.8. The topological polar surface area (TPSA) is 46.0 Å². The number of hydrogen-bond donors (Lipinski definition) is 1. The Morgan fingerprint density at radius 2 is 2.26 bits per heavy atom. The second kappa shape index (κ2) is 5.21. The monoisotopic (exact) mass is 321 g/mol. The van der Waals surface area contributed by atoms with Crippen LogP contribution in [0.2, 0.25) is 0 Å². The first-order valence-electron chi connectivity index (χ1n) is 6.31. The lowest BCUT2D eigenvalue weighted by atomic mass is 10.2. The van der Waals surface area contributed by atoms with Gasteiger partial charge in [0, 0.05) is 43.0 Å². The Labute approximate surface area is 120 Å². The lowest BCUT2D eigenvalue weighted by Crippen LogP contribution is -2.25. The van der Waals surface area contributed by atoms with Crippen LogP contribution in [-0.2, 0) is 7.05 Å². The van der Waals surface area contributed by atoms with Crippen LogP contribution in [0.3, 0.4) is 0 Å². The lowest BCUT2D eigenvalue weighted by molar-refractivity contribution is 0.767. The molecule has 0 amide bonds. The average molecular weight is 322 g/mol. The van der Waals surface area contributed by atoms with Gasteiger partial charge in [-0.1, -0.05) is 0 Å². The third-order valence-corrected chi connectivity index (χ3v) is 3.75. The van der Waals surface area contributed by atoms with Crippen molar-refractivity contribution in [3.63, 3.8) is 0 Å². The molecule has 0 aliphatic carbocycles. The Kier molecular flexibility index (Phi) is 3.42. The molecule has 3 heterocycles. The van der Waals surface area contributed by atoms with Gasteiger partial charge in [0.2, 0.25) is 0 Å². The number of hydrogen-bond acceptors (Lipinski definition) is 4. The van der Waals surface area contributed by atoms with Gasteiger partial charge >= 0.3 is 0 Å². The largest absolute Gasteiger partial charge is 0.379 e. The summed E-state index contributed by atoms with van der Waals surface area (Å²) in [4.78, 5) is 6.53. The number of anilines is 2. The van der Waals surface area contributed by atoms with Gasteiger partial charge < -0.3 is 10.2 Å². The maximum atomic E-state index is 4.22. The molecule has 100 valence electrons. The molecule has 0 bridgehead atoms.